The third-order valence-corrected chi connectivity index (χ3v) is 6.51. The fourth-order valence-corrected chi connectivity index (χ4v) is 4.86. The van der Waals surface area contributed by atoms with Crippen molar-refractivity contribution in [2.24, 2.45) is 0 Å². The number of methoxy groups -OCH3 is 1. The van der Waals surface area contributed by atoms with Gasteiger partial charge in [-0.2, -0.15) is 0 Å². The van der Waals surface area contributed by atoms with Crippen LogP contribution in [-0.2, 0) is 15.9 Å². The van der Waals surface area contributed by atoms with Crippen molar-refractivity contribution in [3.8, 4) is 5.75 Å². The highest BCUT2D eigenvalue weighted by Gasteiger charge is 2.24. The molecular formula is C26H37N3O4. The number of hydrogen-bond acceptors (Lipinski definition) is 6. The minimum Gasteiger partial charge on any atom is -0.488 e. The highest BCUT2D eigenvalue weighted by atomic mass is 16.5. The molecule has 1 unspecified atom stereocenters. The van der Waals surface area contributed by atoms with Crippen LogP contribution in [0, 0.1) is 0 Å². The average molecular weight is 456 g/mol. The van der Waals surface area contributed by atoms with Crippen LogP contribution in [0.3, 0.4) is 0 Å². The molecule has 1 aromatic heterocycles. The van der Waals surface area contributed by atoms with Gasteiger partial charge in [-0.1, -0.05) is 25.0 Å². The summed E-state index contributed by atoms with van der Waals surface area (Å²) in [5.41, 5.74) is 2.24. The quantitative estimate of drug-likeness (QED) is 0.656. The molecule has 0 bridgehead atoms. The van der Waals surface area contributed by atoms with Crippen LogP contribution in [0.2, 0.25) is 0 Å². The molecule has 33 heavy (non-hydrogen) atoms. The van der Waals surface area contributed by atoms with Crippen molar-refractivity contribution in [2.75, 3.05) is 56.4 Å². The largest absolute Gasteiger partial charge is 0.488 e. The van der Waals surface area contributed by atoms with Crippen molar-refractivity contribution < 1.29 is 14.2 Å². The summed E-state index contributed by atoms with van der Waals surface area (Å²) in [6.07, 6.45) is 5.66. The van der Waals surface area contributed by atoms with Crippen LogP contribution in [0.5, 0.6) is 5.75 Å². The minimum absolute atomic E-state index is 0.0220. The first-order valence-electron chi connectivity index (χ1n) is 12.2. The van der Waals surface area contributed by atoms with Crippen LogP contribution in [0.25, 0.3) is 0 Å². The van der Waals surface area contributed by atoms with E-state index in [1.165, 1.54) is 18.4 Å². The second-order valence-electron chi connectivity index (χ2n) is 9.12. The monoisotopic (exact) mass is 455 g/mol. The Morgan fingerprint density at radius 2 is 1.88 bits per heavy atom. The highest BCUT2D eigenvalue weighted by Crippen LogP contribution is 2.28. The van der Waals surface area contributed by atoms with Gasteiger partial charge in [0.2, 0.25) is 0 Å². The maximum absolute atomic E-state index is 12.6. The molecule has 0 spiro atoms. The maximum atomic E-state index is 12.6. The first-order chi connectivity index (χ1) is 16.1. The molecule has 0 radical (unpaired) electrons. The molecule has 1 aromatic carbocycles. The van der Waals surface area contributed by atoms with E-state index in [2.05, 4.69) is 33.0 Å². The number of nitrogens with zero attached hydrogens (tertiary/aromatic N) is 2. The second kappa shape index (κ2) is 11.6. The van der Waals surface area contributed by atoms with Gasteiger partial charge < -0.3 is 29.0 Å². The van der Waals surface area contributed by atoms with Crippen LogP contribution in [-0.4, -0.2) is 63.7 Å². The second-order valence-corrected chi connectivity index (χ2v) is 9.12. The highest BCUT2D eigenvalue weighted by molar-refractivity contribution is 5.56. The van der Waals surface area contributed by atoms with Gasteiger partial charge in [0.05, 0.1) is 19.8 Å². The summed E-state index contributed by atoms with van der Waals surface area (Å²) in [6, 6.07) is 12.6. The van der Waals surface area contributed by atoms with Gasteiger partial charge in [-0.05, 0) is 43.9 Å². The maximum Gasteiger partial charge on any atom is 0.251 e. The Bertz CT molecular complexity index is 924. The van der Waals surface area contributed by atoms with Gasteiger partial charge in [0.25, 0.3) is 5.56 Å². The Labute approximate surface area is 196 Å². The molecule has 2 aliphatic heterocycles. The lowest BCUT2D eigenvalue weighted by Crippen LogP contribution is -2.39. The zero-order valence-electron chi connectivity index (χ0n) is 19.9. The summed E-state index contributed by atoms with van der Waals surface area (Å²) >= 11 is 0. The predicted molar refractivity (Wildman–Crippen MR) is 132 cm³/mol. The van der Waals surface area contributed by atoms with Crippen LogP contribution < -0.4 is 20.1 Å². The fourth-order valence-electron chi connectivity index (χ4n) is 4.86. The molecular weight excluding hydrogens is 418 g/mol. The Kier molecular flexibility index (Phi) is 8.29. The van der Waals surface area contributed by atoms with E-state index in [1.54, 1.807) is 13.2 Å². The lowest BCUT2D eigenvalue weighted by molar-refractivity contribution is 0.0921. The van der Waals surface area contributed by atoms with E-state index < -0.39 is 0 Å². The Hall–Kier alpha value is -2.51. The minimum atomic E-state index is -0.0383. The predicted octanol–water partition coefficient (Wildman–Crippen LogP) is 3.62. The van der Waals surface area contributed by atoms with E-state index in [1.807, 2.05) is 19.1 Å². The summed E-state index contributed by atoms with van der Waals surface area (Å²) in [5, 5.41) is 0. The number of rotatable bonds is 8. The number of ether oxygens (including phenoxy) is 3. The molecule has 7 nitrogen and oxygen atoms in total. The molecule has 0 aliphatic carbocycles. The Morgan fingerprint density at radius 3 is 2.64 bits per heavy atom. The average Bonchev–Trinajstić information content (AvgIpc) is 3.06. The molecule has 4 rings (SSSR count). The van der Waals surface area contributed by atoms with E-state index in [-0.39, 0.29) is 11.7 Å². The zero-order chi connectivity index (χ0) is 23.0. The first kappa shape index (κ1) is 23.6. The standard InChI is InChI=1S/C26H37N3O4/c1-20(19-31-2)33-24-9-7-21(8-10-24)16-22-6-4-3-5-11-29(22)25-17-23(18-26(30)27-25)28-12-14-32-15-13-28/h7-10,17-18,20,22H,3-6,11-16,19H2,1-2H3,(H,27,30)/t20?,22-/m0/s1. The number of aromatic nitrogens is 1. The lowest BCUT2D eigenvalue weighted by atomic mass is 10.0. The number of hydrogen-bond donors (Lipinski definition) is 1. The molecule has 2 aromatic rings. The SMILES string of the molecule is COCC(C)Oc1ccc(C[C@@H]2CCCCCN2c2cc(N3CCOCC3)cc(=O)[nH]2)cc1. The molecule has 0 saturated carbocycles. The number of morpholine rings is 1. The molecule has 7 heteroatoms. The van der Waals surface area contributed by atoms with E-state index >= 15 is 0 Å². The number of anilines is 2. The topological polar surface area (TPSA) is 67.0 Å². The number of H-pyrrole nitrogens is 1. The van der Waals surface area contributed by atoms with Gasteiger partial charge in [-0.3, -0.25) is 4.79 Å². The number of benzene rings is 1. The molecule has 2 fully saturated rings. The third-order valence-electron chi connectivity index (χ3n) is 6.51. The molecule has 2 aliphatic rings. The summed E-state index contributed by atoms with van der Waals surface area (Å²) < 4.78 is 16.5. The number of pyridine rings is 1. The third kappa shape index (κ3) is 6.51. The van der Waals surface area contributed by atoms with E-state index in [0.29, 0.717) is 25.9 Å². The Balaban J connectivity index is 1.50. The van der Waals surface area contributed by atoms with Gasteiger partial charge in [-0.15, -0.1) is 0 Å². The molecule has 1 N–H and O–H groups in total. The summed E-state index contributed by atoms with van der Waals surface area (Å²) in [7, 11) is 1.69. The molecule has 2 atom stereocenters. The smallest absolute Gasteiger partial charge is 0.251 e. The molecule has 2 saturated heterocycles. The van der Waals surface area contributed by atoms with Crippen molar-refractivity contribution in [1.82, 2.24) is 4.98 Å². The van der Waals surface area contributed by atoms with E-state index in [4.69, 9.17) is 14.2 Å². The van der Waals surface area contributed by atoms with Crippen LogP contribution in [0.4, 0.5) is 11.5 Å². The van der Waals surface area contributed by atoms with Gasteiger partial charge in [0.15, 0.2) is 0 Å². The number of nitrogens with one attached hydrogen (secondary N) is 1. The first-order valence-corrected chi connectivity index (χ1v) is 12.2. The van der Waals surface area contributed by atoms with Crippen molar-refractivity contribution >= 4 is 11.5 Å². The van der Waals surface area contributed by atoms with Gasteiger partial charge >= 0.3 is 0 Å². The van der Waals surface area contributed by atoms with E-state index in [9.17, 15) is 4.79 Å². The van der Waals surface area contributed by atoms with Gasteiger partial charge in [0.1, 0.15) is 17.7 Å². The van der Waals surface area contributed by atoms with Gasteiger partial charge in [-0.25, -0.2) is 0 Å². The van der Waals surface area contributed by atoms with Crippen molar-refractivity contribution in [1.29, 1.82) is 0 Å². The van der Waals surface area contributed by atoms with Gasteiger partial charge in [0, 0.05) is 50.6 Å². The summed E-state index contributed by atoms with van der Waals surface area (Å²) in [6.45, 7) is 6.60. The number of aromatic amines is 1. The van der Waals surface area contributed by atoms with Crippen LogP contribution >= 0.6 is 0 Å². The lowest BCUT2D eigenvalue weighted by Gasteiger charge is -2.34. The fraction of sp³-hybridized carbons (Fsp3) is 0.577. The summed E-state index contributed by atoms with van der Waals surface area (Å²) in [4.78, 5) is 20.3. The van der Waals surface area contributed by atoms with E-state index in [0.717, 1.165) is 56.2 Å². The zero-order valence-corrected chi connectivity index (χ0v) is 19.9. The normalized spacial score (nSPS) is 20.4. The van der Waals surface area contributed by atoms with Crippen molar-refractivity contribution in [2.45, 2.75) is 51.2 Å². The van der Waals surface area contributed by atoms with Crippen LogP contribution in [0.15, 0.2) is 41.2 Å². The molecule has 3 heterocycles. The Morgan fingerprint density at radius 1 is 1.09 bits per heavy atom. The van der Waals surface area contributed by atoms with Crippen molar-refractivity contribution in [3.05, 3.63) is 52.3 Å². The van der Waals surface area contributed by atoms with Crippen molar-refractivity contribution in [3.63, 3.8) is 0 Å². The summed E-state index contributed by atoms with van der Waals surface area (Å²) in [5.74, 6) is 1.80. The van der Waals surface area contributed by atoms with Crippen LogP contribution in [0.1, 0.15) is 38.2 Å². The molecule has 180 valence electrons. The molecule has 0 amide bonds.